The highest BCUT2D eigenvalue weighted by Crippen LogP contribution is 2.23. The summed E-state index contributed by atoms with van der Waals surface area (Å²) in [4.78, 5) is 13.0. The van der Waals surface area contributed by atoms with E-state index in [1.54, 1.807) is 6.08 Å². The molecule has 10 heteroatoms. The van der Waals surface area contributed by atoms with Gasteiger partial charge in [-0.3, -0.25) is 4.79 Å². The summed E-state index contributed by atoms with van der Waals surface area (Å²) in [5.41, 5.74) is 0. The van der Waals surface area contributed by atoms with E-state index in [9.17, 15) is 35.4 Å². The number of carbonyl (C=O) groups is 1. The third kappa shape index (κ3) is 29.3. The van der Waals surface area contributed by atoms with Crippen molar-refractivity contribution < 1.29 is 44.9 Å². The molecule has 0 radical (unpaired) electrons. The first-order valence-electron chi connectivity index (χ1n) is 24.3. The molecule has 0 spiro atoms. The molecule has 8 unspecified atom stereocenters. The van der Waals surface area contributed by atoms with E-state index in [1.807, 2.05) is 6.08 Å². The van der Waals surface area contributed by atoms with Crippen molar-refractivity contribution >= 4 is 5.91 Å². The average molecular weight is 838 g/mol. The van der Waals surface area contributed by atoms with Gasteiger partial charge in [-0.1, -0.05) is 198 Å². The number of unbranched alkanes of at least 4 members (excludes halogenated alkanes) is 25. The predicted molar refractivity (Wildman–Crippen MR) is 241 cm³/mol. The van der Waals surface area contributed by atoms with E-state index in [1.165, 1.54) is 128 Å². The summed E-state index contributed by atoms with van der Waals surface area (Å²) in [6.07, 6.45) is 38.1. The number of aliphatic hydroxyl groups is 6. The van der Waals surface area contributed by atoms with Crippen molar-refractivity contribution in [3.05, 3.63) is 36.5 Å². The van der Waals surface area contributed by atoms with Gasteiger partial charge in [0.1, 0.15) is 30.5 Å². The van der Waals surface area contributed by atoms with E-state index in [2.05, 4.69) is 43.5 Å². The Hall–Kier alpha value is -1.63. The maximum absolute atomic E-state index is 13.0. The Morgan fingerprint density at radius 3 is 1.47 bits per heavy atom. The lowest BCUT2D eigenvalue weighted by Crippen LogP contribution is -2.60. The number of hydrogen-bond acceptors (Lipinski definition) is 9. The van der Waals surface area contributed by atoms with Crippen LogP contribution in [0.2, 0.25) is 0 Å². The van der Waals surface area contributed by atoms with Gasteiger partial charge >= 0.3 is 0 Å². The van der Waals surface area contributed by atoms with Gasteiger partial charge in [-0.05, 0) is 44.9 Å². The molecule has 1 aliphatic rings. The van der Waals surface area contributed by atoms with E-state index in [0.29, 0.717) is 19.3 Å². The molecule has 1 aliphatic heterocycles. The third-order valence-electron chi connectivity index (χ3n) is 11.6. The van der Waals surface area contributed by atoms with Crippen LogP contribution in [0.15, 0.2) is 36.5 Å². The summed E-state index contributed by atoms with van der Waals surface area (Å²) in [5.74, 6) is -0.629. The number of rotatable bonds is 40. The lowest BCUT2D eigenvalue weighted by molar-refractivity contribution is -0.302. The topological polar surface area (TPSA) is 169 Å². The Balaban J connectivity index is 2.35. The van der Waals surface area contributed by atoms with Gasteiger partial charge in [0.25, 0.3) is 0 Å². The van der Waals surface area contributed by atoms with Gasteiger partial charge in [-0.2, -0.15) is 0 Å². The average Bonchev–Trinajstić information content (AvgIpc) is 3.23. The molecule has 0 aromatic rings. The van der Waals surface area contributed by atoms with Crippen LogP contribution in [0.4, 0.5) is 0 Å². The van der Waals surface area contributed by atoms with Gasteiger partial charge in [0.15, 0.2) is 6.29 Å². The maximum atomic E-state index is 13.0. The van der Waals surface area contributed by atoms with E-state index in [-0.39, 0.29) is 6.61 Å². The summed E-state index contributed by atoms with van der Waals surface area (Å²) >= 11 is 0. The lowest BCUT2D eigenvalue weighted by atomic mass is 9.99. The fourth-order valence-electron chi connectivity index (χ4n) is 7.55. The molecule has 1 saturated heterocycles. The largest absolute Gasteiger partial charge is 0.394 e. The van der Waals surface area contributed by atoms with Crippen LogP contribution in [0.3, 0.4) is 0 Å². The molecular formula is C49H91NO9. The second-order valence-corrected chi connectivity index (χ2v) is 17.0. The van der Waals surface area contributed by atoms with Gasteiger partial charge in [-0.25, -0.2) is 0 Å². The first-order chi connectivity index (χ1) is 28.8. The molecule has 0 saturated carbocycles. The number of hydrogen-bond donors (Lipinski definition) is 7. The number of carbonyl (C=O) groups excluding carboxylic acids is 1. The number of amides is 1. The molecule has 7 N–H and O–H groups in total. The molecule has 59 heavy (non-hydrogen) atoms. The first-order valence-corrected chi connectivity index (χ1v) is 24.3. The first kappa shape index (κ1) is 55.4. The molecule has 1 heterocycles. The van der Waals surface area contributed by atoms with Crippen LogP contribution in [0, 0.1) is 0 Å². The number of nitrogens with one attached hydrogen (secondary N) is 1. The SMILES string of the molecule is CCCCC/C=C/CC/C=C/CC/C=C/C(O)C(COC1OC(CO)C(O)C(O)C1O)NC(=O)C(O)CCCCCCCCCCCCCCCCCCCCCCC. The Labute approximate surface area is 360 Å². The van der Waals surface area contributed by atoms with Crippen molar-refractivity contribution in [3.8, 4) is 0 Å². The minimum atomic E-state index is -1.62. The van der Waals surface area contributed by atoms with Crippen molar-refractivity contribution in [2.45, 2.75) is 255 Å². The normalized spacial score (nSPS) is 21.5. The van der Waals surface area contributed by atoms with Gasteiger partial charge in [0, 0.05) is 0 Å². The zero-order valence-corrected chi connectivity index (χ0v) is 37.6. The summed E-state index contributed by atoms with van der Waals surface area (Å²) in [7, 11) is 0. The Morgan fingerprint density at radius 2 is 1.00 bits per heavy atom. The predicted octanol–water partition coefficient (Wildman–Crippen LogP) is 9.42. The van der Waals surface area contributed by atoms with Gasteiger partial charge in [-0.15, -0.1) is 0 Å². The molecule has 0 bridgehead atoms. The second kappa shape index (κ2) is 39.2. The van der Waals surface area contributed by atoms with E-state index < -0.39 is 61.5 Å². The van der Waals surface area contributed by atoms with Crippen molar-refractivity contribution in [1.29, 1.82) is 0 Å². The highest BCUT2D eigenvalue weighted by atomic mass is 16.7. The van der Waals surface area contributed by atoms with E-state index in [4.69, 9.17) is 9.47 Å². The zero-order valence-electron chi connectivity index (χ0n) is 37.6. The van der Waals surface area contributed by atoms with Crippen LogP contribution < -0.4 is 5.32 Å². The zero-order chi connectivity index (χ0) is 43.2. The van der Waals surface area contributed by atoms with Crippen LogP contribution >= 0.6 is 0 Å². The summed E-state index contributed by atoms with van der Waals surface area (Å²) < 4.78 is 11.1. The van der Waals surface area contributed by atoms with Crippen LogP contribution in [0.5, 0.6) is 0 Å². The van der Waals surface area contributed by atoms with Crippen molar-refractivity contribution in [3.63, 3.8) is 0 Å². The molecule has 0 aromatic heterocycles. The highest BCUT2D eigenvalue weighted by molar-refractivity contribution is 5.80. The minimum Gasteiger partial charge on any atom is -0.394 e. The Bertz CT molecular complexity index is 1040. The van der Waals surface area contributed by atoms with Crippen LogP contribution in [-0.2, 0) is 14.3 Å². The van der Waals surface area contributed by atoms with Crippen LogP contribution in [0.25, 0.3) is 0 Å². The van der Waals surface area contributed by atoms with Crippen LogP contribution in [0.1, 0.15) is 206 Å². The summed E-state index contributed by atoms with van der Waals surface area (Å²) in [6.45, 7) is 3.56. The Morgan fingerprint density at radius 1 is 0.576 bits per heavy atom. The lowest BCUT2D eigenvalue weighted by Gasteiger charge is -2.40. The highest BCUT2D eigenvalue weighted by Gasteiger charge is 2.44. The van der Waals surface area contributed by atoms with Gasteiger partial charge in [0.05, 0.1) is 25.4 Å². The van der Waals surface area contributed by atoms with Crippen molar-refractivity contribution in [2.24, 2.45) is 0 Å². The molecule has 1 amide bonds. The van der Waals surface area contributed by atoms with Crippen molar-refractivity contribution in [2.75, 3.05) is 13.2 Å². The molecule has 1 fully saturated rings. The number of aliphatic hydroxyl groups excluding tert-OH is 6. The summed E-state index contributed by atoms with van der Waals surface area (Å²) in [6, 6.07) is -1.000. The molecule has 10 nitrogen and oxygen atoms in total. The molecule has 8 atom stereocenters. The molecular weight excluding hydrogens is 747 g/mol. The van der Waals surface area contributed by atoms with Gasteiger partial charge < -0.3 is 45.4 Å². The molecule has 346 valence electrons. The van der Waals surface area contributed by atoms with Gasteiger partial charge in [0.2, 0.25) is 5.91 Å². The molecule has 0 aromatic carbocycles. The smallest absolute Gasteiger partial charge is 0.249 e. The van der Waals surface area contributed by atoms with Crippen LogP contribution in [-0.4, -0.2) is 98.7 Å². The minimum absolute atomic E-state index is 0.304. The monoisotopic (exact) mass is 838 g/mol. The molecule has 1 rings (SSSR count). The van der Waals surface area contributed by atoms with E-state index in [0.717, 1.165) is 44.9 Å². The fraction of sp³-hybridized carbons (Fsp3) is 0.857. The standard InChI is InChI=1S/C49H91NO9/c1-3-5-7-9-11-13-15-17-18-19-20-21-22-23-24-26-28-30-32-34-36-38-43(53)48(57)50-41(40-58-49-47(56)46(55)45(54)44(39-51)59-49)42(52)37-35-33-31-29-27-25-16-14-12-10-8-6-4-2/h12,14,27,29,35,37,41-47,49,51-56H,3-11,13,15-26,28,30-34,36,38-40H2,1-2H3,(H,50,57)/b14-12+,29-27+,37-35+. The Kier molecular flexibility index (Phi) is 36.8. The number of ether oxygens (including phenoxy) is 2. The number of allylic oxidation sites excluding steroid dienone is 5. The quantitative estimate of drug-likeness (QED) is 0.0235. The molecule has 0 aliphatic carbocycles. The second-order valence-electron chi connectivity index (χ2n) is 17.0. The third-order valence-corrected chi connectivity index (χ3v) is 11.6. The fourth-order valence-corrected chi connectivity index (χ4v) is 7.55. The maximum Gasteiger partial charge on any atom is 0.249 e. The summed E-state index contributed by atoms with van der Waals surface area (Å²) in [5, 5.41) is 64.6. The van der Waals surface area contributed by atoms with E-state index >= 15 is 0 Å². The van der Waals surface area contributed by atoms with Crippen molar-refractivity contribution in [1.82, 2.24) is 5.32 Å².